The van der Waals surface area contributed by atoms with Crippen LogP contribution in [0.2, 0.25) is 0 Å². The highest BCUT2D eigenvalue weighted by molar-refractivity contribution is 9.10. The number of hydrogen-bond acceptors (Lipinski definition) is 2. The lowest BCUT2D eigenvalue weighted by Crippen LogP contribution is -2.00. The predicted octanol–water partition coefficient (Wildman–Crippen LogP) is 4.92. The van der Waals surface area contributed by atoms with Gasteiger partial charge in [-0.3, -0.25) is 0 Å². The van der Waals surface area contributed by atoms with E-state index in [2.05, 4.69) is 33.4 Å². The summed E-state index contributed by atoms with van der Waals surface area (Å²) in [6.45, 7) is 0.594. The van der Waals surface area contributed by atoms with E-state index < -0.39 is 0 Å². The van der Waals surface area contributed by atoms with E-state index in [1.165, 1.54) is 11.0 Å². The fraction of sp³-hybridized carbons (Fsp3) is 0.143. The zero-order valence-electron chi connectivity index (χ0n) is 9.91. The fourth-order valence-electron chi connectivity index (χ4n) is 1.59. The van der Waals surface area contributed by atoms with Crippen molar-refractivity contribution in [1.82, 2.24) is 0 Å². The summed E-state index contributed by atoms with van der Waals surface area (Å²) >= 11 is 4.97. The monoisotopic (exact) mass is 325 g/mol. The molecule has 18 heavy (non-hydrogen) atoms. The molecule has 2 aromatic rings. The Labute approximate surface area is 119 Å². The van der Waals surface area contributed by atoms with E-state index in [1.807, 2.05) is 24.5 Å². The molecular formula is C14H13BrFNS. The van der Waals surface area contributed by atoms with Gasteiger partial charge in [-0.1, -0.05) is 12.1 Å². The second-order valence-electron chi connectivity index (χ2n) is 3.79. The van der Waals surface area contributed by atoms with Gasteiger partial charge < -0.3 is 5.32 Å². The first-order chi connectivity index (χ1) is 8.70. The summed E-state index contributed by atoms with van der Waals surface area (Å²) in [6, 6.07) is 13.2. The van der Waals surface area contributed by atoms with Crippen LogP contribution in [0, 0.1) is 5.82 Å². The van der Waals surface area contributed by atoms with Crippen molar-refractivity contribution < 1.29 is 4.39 Å². The van der Waals surface area contributed by atoms with Crippen LogP contribution in [0.5, 0.6) is 0 Å². The van der Waals surface area contributed by atoms with Crippen LogP contribution in [-0.2, 0) is 6.54 Å². The van der Waals surface area contributed by atoms with E-state index in [1.54, 1.807) is 17.8 Å². The minimum absolute atomic E-state index is 0.230. The van der Waals surface area contributed by atoms with E-state index in [-0.39, 0.29) is 5.82 Å². The summed E-state index contributed by atoms with van der Waals surface area (Å²) in [5.41, 5.74) is 1.94. The van der Waals surface area contributed by atoms with Gasteiger partial charge in [0, 0.05) is 17.1 Å². The van der Waals surface area contributed by atoms with Crippen molar-refractivity contribution in [2.75, 3.05) is 11.6 Å². The standard InChI is InChI=1S/C14H13BrFNS/c1-18-12-7-5-11(6-8-12)17-9-10-3-2-4-13(16)14(10)15/h2-8,17H,9H2,1H3. The molecule has 0 atom stereocenters. The van der Waals surface area contributed by atoms with Gasteiger partial charge in [-0.05, 0) is 58.1 Å². The molecule has 0 saturated heterocycles. The second kappa shape index (κ2) is 6.25. The van der Waals surface area contributed by atoms with Crippen LogP contribution in [0.25, 0.3) is 0 Å². The van der Waals surface area contributed by atoms with Crippen molar-refractivity contribution in [2.24, 2.45) is 0 Å². The zero-order valence-corrected chi connectivity index (χ0v) is 12.3. The minimum atomic E-state index is -0.230. The SMILES string of the molecule is CSc1ccc(NCc2cccc(F)c2Br)cc1. The van der Waals surface area contributed by atoms with Crippen molar-refractivity contribution in [3.8, 4) is 0 Å². The maximum absolute atomic E-state index is 13.3. The predicted molar refractivity (Wildman–Crippen MR) is 79.6 cm³/mol. The molecule has 0 amide bonds. The van der Waals surface area contributed by atoms with Gasteiger partial charge >= 0.3 is 0 Å². The quantitative estimate of drug-likeness (QED) is 0.800. The first kappa shape index (κ1) is 13.4. The summed E-state index contributed by atoms with van der Waals surface area (Å²) in [7, 11) is 0. The molecule has 1 nitrogen and oxygen atoms in total. The molecular weight excluding hydrogens is 313 g/mol. The smallest absolute Gasteiger partial charge is 0.137 e. The third kappa shape index (κ3) is 3.27. The molecule has 0 aromatic heterocycles. The van der Waals surface area contributed by atoms with E-state index in [9.17, 15) is 4.39 Å². The van der Waals surface area contributed by atoms with Gasteiger partial charge in [0.2, 0.25) is 0 Å². The molecule has 0 aliphatic heterocycles. The largest absolute Gasteiger partial charge is 0.381 e. The molecule has 2 rings (SSSR count). The Morgan fingerprint density at radius 3 is 2.56 bits per heavy atom. The summed E-state index contributed by atoms with van der Waals surface area (Å²) in [5.74, 6) is -0.230. The lowest BCUT2D eigenvalue weighted by Gasteiger charge is -2.09. The first-order valence-corrected chi connectivity index (χ1v) is 7.53. The van der Waals surface area contributed by atoms with Crippen molar-refractivity contribution in [1.29, 1.82) is 0 Å². The average molecular weight is 326 g/mol. The van der Waals surface area contributed by atoms with Crippen molar-refractivity contribution in [3.05, 3.63) is 58.3 Å². The number of nitrogens with one attached hydrogen (secondary N) is 1. The normalized spacial score (nSPS) is 10.4. The molecule has 0 bridgehead atoms. The number of halogens is 2. The highest BCUT2D eigenvalue weighted by Crippen LogP contribution is 2.22. The van der Waals surface area contributed by atoms with E-state index in [0.29, 0.717) is 11.0 Å². The summed E-state index contributed by atoms with van der Waals surface area (Å²) in [4.78, 5) is 1.23. The second-order valence-corrected chi connectivity index (χ2v) is 5.47. The van der Waals surface area contributed by atoms with Crippen molar-refractivity contribution >= 4 is 33.4 Å². The van der Waals surface area contributed by atoms with Gasteiger partial charge in [-0.15, -0.1) is 11.8 Å². The Bertz CT molecular complexity index is 528. The maximum Gasteiger partial charge on any atom is 0.137 e. The lowest BCUT2D eigenvalue weighted by molar-refractivity contribution is 0.618. The lowest BCUT2D eigenvalue weighted by atomic mass is 10.2. The zero-order chi connectivity index (χ0) is 13.0. The van der Waals surface area contributed by atoms with E-state index in [4.69, 9.17) is 0 Å². The Hall–Kier alpha value is -1.00. The highest BCUT2D eigenvalue weighted by atomic mass is 79.9. The molecule has 2 aromatic carbocycles. The topological polar surface area (TPSA) is 12.0 Å². The Morgan fingerprint density at radius 2 is 1.89 bits per heavy atom. The molecule has 0 fully saturated rings. The van der Waals surface area contributed by atoms with Gasteiger partial charge in [0.1, 0.15) is 5.82 Å². The van der Waals surface area contributed by atoms with Crippen LogP contribution < -0.4 is 5.32 Å². The van der Waals surface area contributed by atoms with Gasteiger partial charge in [-0.25, -0.2) is 4.39 Å². The average Bonchev–Trinajstić information content (AvgIpc) is 2.41. The third-order valence-corrected chi connectivity index (χ3v) is 4.24. The number of benzene rings is 2. The molecule has 1 N–H and O–H groups in total. The molecule has 4 heteroatoms. The Kier molecular flexibility index (Phi) is 4.66. The van der Waals surface area contributed by atoms with Crippen LogP contribution in [0.3, 0.4) is 0 Å². The van der Waals surface area contributed by atoms with Crippen molar-refractivity contribution in [3.63, 3.8) is 0 Å². The molecule has 0 saturated carbocycles. The highest BCUT2D eigenvalue weighted by Gasteiger charge is 2.04. The summed E-state index contributed by atoms with van der Waals surface area (Å²) in [6.07, 6.45) is 2.05. The first-order valence-electron chi connectivity index (χ1n) is 5.51. The van der Waals surface area contributed by atoms with Crippen LogP contribution in [0.1, 0.15) is 5.56 Å². The molecule has 0 spiro atoms. The number of thioether (sulfide) groups is 1. The van der Waals surface area contributed by atoms with Crippen LogP contribution in [-0.4, -0.2) is 6.26 Å². The minimum Gasteiger partial charge on any atom is -0.381 e. The van der Waals surface area contributed by atoms with E-state index >= 15 is 0 Å². The van der Waals surface area contributed by atoms with Crippen LogP contribution in [0.15, 0.2) is 51.8 Å². The van der Waals surface area contributed by atoms with E-state index in [0.717, 1.165) is 11.3 Å². The maximum atomic E-state index is 13.3. The molecule has 94 valence electrons. The fourth-order valence-corrected chi connectivity index (χ4v) is 2.40. The Balaban J connectivity index is 2.04. The molecule has 0 aliphatic carbocycles. The van der Waals surface area contributed by atoms with Gasteiger partial charge in [0.05, 0.1) is 4.47 Å². The van der Waals surface area contributed by atoms with Gasteiger partial charge in [-0.2, -0.15) is 0 Å². The summed E-state index contributed by atoms with van der Waals surface area (Å²) < 4.78 is 13.9. The molecule has 0 aliphatic rings. The number of rotatable bonds is 4. The number of hydrogen-bond donors (Lipinski definition) is 1. The third-order valence-electron chi connectivity index (χ3n) is 2.60. The van der Waals surface area contributed by atoms with Gasteiger partial charge in [0.25, 0.3) is 0 Å². The molecule has 0 unspecified atom stereocenters. The van der Waals surface area contributed by atoms with Crippen LogP contribution >= 0.6 is 27.7 Å². The van der Waals surface area contributed by atoms with Gasteiger partial charge in [0.15, 0.2) is 0 Å². The van der Waals surface area contributed by atoms with Crippen molar-refractivity contribution in [2.45, 2.75) is 11.4 Å². The summed E-state index contributed by atoms with van der Waals surface area (Å²) in [5, 5.41) is 3.27. The Morgan fingerprint density at radius 1 is 1.17 bits per heavy atom. The molecule has 0 radical (unpaired) electrons. The number of anilines is 1. The molecule has 0 heterocycles. The van der Waals surface area contributed by atoms with Crippen LogP contribution in [0.4, 0.5) is 10.1 Å².